The highest BCUT2D eigenvalue weighted by Crippen LogP contribution is 2.38. The van der Waals surface area contributed by atoms with Gasteiger partial charge in [0.15, 0.2) is 11.9 Å². The van der Waals surface area contributed by atoms with Gasteiger partial charge in [0.25, 0.3) is 0 Å². The molecule has 1 aromatic heterocycles. The van der Waals surface area contributed by atoms with Crippen LogP contribution >= 0.6 is 0 Å². The molecule has 2 aromatic rings. The van der Waals surface area contributed by atoms with Gasteiger partial charge in [0, 0.05) is 48.0 Å². The maximum absolute atomic E-state index is 12.6. The monoisotopic (exact) mass is 559 g/mol. The number of hydrogen-bond donors (Lipinski definition) is 1. The van der Waals surface area contributed by atoms with Gasteiger partial charge in [-0.15, -0.1) is 0 Å². The molecule has 4 rings (SSSR count). The van der Waals surface area contributed by atoms with E-state index in [2.05, 4.69) is 0 Å². The van der Waals surface area contributed by atoms with Crippen LogP contribution in [0.25, 0.3) is 5.69 Å². The number of nitrogens with two attached hydrogens (primary N) is 1. The number of halogens is 1. The van der Waals surface area contributed by atoms with E-state index >= 15 is 0 Å². The molecule has 2 aliphatic carbocycles. The van der Waals surface area contributed by atoms with Crippen LogP contribution in [0.2, 0.25) is 0 Å². The van der Waals surface area contributed by atoms with E-state index in [0.717, 1.165) is 40.9 Å². The van der Waals surface area contributed by atoms with Crippen LogP contribution in [0.5, 0.6) is 0 Å². The molecule has 3 unspecified atom stereocenters. The second kappa shape index (κ2) is 11.9. The number of nitrogens with zero attached hydrogens (tertiary/aromatic N) is 2. The highest BCUT2D eigenvalue weighted by Gasteiger charge is 2.42. The molecule has 9 nitrogen and oxygen atoms in total. The first-order chi connectivity index (χ1) is 17.8. The predicted molar refractivity (Wildman–Crippen MR) is 141 cm³/mol. The topological polar surface area (TPSA) is 118 Å². The van der Waals surface area contributed by atoms with Crippen molar-refractivity contribution in [2.75, 3.05) is 27.7 Å². The number of carbonyl (C=O) groups is 4. The Hall–Kier alpha value is -3.17. The number of benzene rings is 1. The van der Waals surface area contributed by atoms with Gasteiger partial charge in [-0.05, 0) is 61.9 Å². The molecule has 39 heavy (non-hydrogen) atoms. The first-order valence-electron chi connectivity index (χ1n) is 13.2. The third-order valence-electron chi connectivity index (χ3n) is 7.13. The first-order valence-corrected chi connectivity index (χ1v) is 13.2. The van der Waals surface area contributed by atoms with E-state index in [1.165, 1.54) is 6.92 Å². The zero-order valence-corrected chi connectivity index (χ0v) is 24.0. The number of Topliss-reactive ketones (excluding diaryl/α,β-unsaturated/α-hetero) is 1. The lowest BCUT2D eigenvalue weighted by atomic mass is 9.94. The van der Waals surface area contributed by atoms with Gasteiger partial charge in [0.2, 0.25) is 5.91 Å². The summed E-state index contributed by atoms with van der Waals surface area (Å²) in [6, 6.07) is 5.54. The first kappa shape index (κ1) is 30.4. The molecular weight excluding hydrogens is 522 g/mol. The number of carbonyl (C=O) groups excluding carboxylic acids is 4. The van der Waals surface area contributed by atoms with Gasteiger partial charge in [0.1, 0.15) is 12.6 Å². The van der Waals surface area contributed by atoms with E-state index in [4.69, 9.17) is 15.2 Å². The van der Waals surface area contributed by atoms with Gasteiger partial charge >= 0.3 is 11.9 Å². The molecule has 1 saturated carbocycles. The summed E-state index contributed by atoms with van der Waals surface area (Å²) in [6.45, 7) is 3.77. The zero-order valence-electron chi connectivity index (χ0n) is 23.3. The van der Waals surface area contributed by atoms with Crippen LogP contribution in [0.4, 0.5) is 0 Å². The van der Waals surface area contributed by atoms with Crippen LogP contribution in [0.15, 0.2) is 24.4 Å². The standard InChI is InChI=1S/C29H37N3O6.ClH/c1-17-15-31(24-7-6-8-25(34)28(17)24)21-9-10-23(29(30)36)19(12-21)11-20-13-26(20)38-27(35)14-22(37-18(2)33)16-32(3,4)5;/h9-10,12,15,20,22,26H,6-8,11,13-14,16H2,1-5H3,(H-,30,36);1H. The number of likely N-dealkylation sites (N-methyl/N-ethyl adjacent to an activating group) is 1. The van der Waals surface area contributed by atoms with Crippen molar-refractivity contribution < 1.29 is 45.5 Å². The Balaban J connectivity index is 0.00000420. The van der Waals surface area contributed by atoms with Crippen molar-refractivity contribution in [1.29, 1.82) is 0 Å². The van der Waals surface area contributed by atoms with Crippen molar-refractivity contribution in [3.05, 3.63) is 52.3 Å². The van der Waals surface area contributed by atoms with E-state index in [1.807, 2.05) is 51.0 Å². The molecule has 2 N–H and O–H groups in total. The average Bonchev–Trinajstić information content (AvgIpc) is 3.40. The Morgan fingerprint density at radius 3 is 2.54 bits per heavy atom. The maximum Gasteiger partial charge on any atom is 0.310 e. The van der Waals surface area contributed by atoms with Crippen LogP contribution in [0.3, 0.4) is 0 Å². The number of quaternary nitrogens is 1. The molecule has 1 fully saturated rings. The van der Waals surface area contributed by atoms with Crippen LogP contribution < -0.4 is 18.1 Å². The van der Waals surface area contributed by atoms with Gasteiger partial charge in [0.05, 0.1) is 27.6 Å². The minimum absolute atomic E-state index is 0. The summed E-state index contributed by atoms with van der Waals surface area (Å²) in [5.74, 6) is -1.09. The largest absolute Gasteiger partial charge is 1.00 e. The lowest BCUT2D eigenvalue weighted by Gasteiger charge is -2.28. The minimum atomic E-state index is -0.557. The van der Waals surface area contributed by atoms with Crippen LogP contribution in [-0.4, -0.2) is 72.6 Å². The minimum Gasteiger partial charge on any atom is -1.00 e. The zero-order chi connectivity index (χ0) is 27.8. The molecule has 0 radical (unpaired) electrons. The Morgan fingerprint density at radius 2 is 1.90 bits per heavy atom. The average molecular weight is 560 g/mol. The summed E-state index contributed by atoms with van der Waals surface area (Å²) in [5, 5.41) is 0. The van der Waals surface area contributed by atoms with E-state index in [-0.39, 0.29) is 36.6 Å². The number of amides is 1. The summed E-state index contributed by atoms with van der Waals surface area (Å²) in [6.07, 6.45) is 4.61. The number of esters is 2. The molecule has 2 aliphatic rings. The van der Waals surface area contributed by atoms with Crippen molar-refractivity contribution in [1.82, 2.24) is 4.57 Å². The smallest absolute Gasteiger partial charge is 0.310 e. The second-order valence-corrected chi connectivity index (χ2v) is 11.6. The van der Waals surface area contributed by atoms with Crippen molar-refractivity contribution >= 4 is 23.6 Å². The lowest BCUT2D eigenvalue weighted by Crippen LogP contribution is -3.00. The third kappa shape index (κ3) is 7.48. The SMILES string of the molecule is CC(=O)OC(CC(=O)OC1CC1Cc1cc(-n2cc(C)c3c2CCCC3=O)ccc1C(N)=O)C[N+](C)(C)C.[Cl-]. The predicted octanol–water partition coefficient (Wildman–Crippen LogP) is -0.0902. The normalized spacial score (nSPS) is 18.9. The molecule has 212 valence electrons. The van der Waals surface area contributed by atoms with Crippen molar-refractivity contribution in [3.8, 4) is 5.69 Å². The Kier molecular flexibility index (Phi) is 9.28. The number of primary amides is 1. The van der Waals surface area contributed by atoms with Crippen LogP contribution in [0.1, 0.15) is 70.1 Å². The summed E-state index contributed by atoms with van der Waals surface area (Å²) >= 11 is 0. The van der Waals surface area contributed by atoms with Crippen molar-refractivity contribution in [2.24, 2.45) is 11.7 Å². The fraction of sp³-hybridized carbons (Fsp3) is 0.517. The number of ether oxygens (including phenoxy) is 2. The summed E-state index contributed by atoms with van der Waals surface area (Å²) in [7, 11) is 5.89. The van der Waals surface area contributed by atoms with E-state index < -0.39 is 23.9 Å². The van der Waals surface area contributed by atoms with E-state index in [9.17, 15) is 19.2 Å². The van der Waals surface area contributed by atoms with Crippen LogP contribution in [-0.2, 0) is 31.9 Å². The lowest BCUT2D eigenvalue weighted by molar-refractivity contribution is -0.873. The molecule has 0 aliphatic heterocycles. The summed E-state index contributed by atoms with van der Waals surface area (Å²) in [5.41, 5.74) is 10.6. The van der Waals surface area contributed by atoms with Gasteiger partial charge in [-0.3, -0.25) is 19.2 Å². The number of fused-ring (bicyclic) bond motifs is 1. The second-order valence-electron chi connectivity index (χ2n) is 11.6. The van der Waals surface area contributed by atoms with E-state index in [0.29, 0.717) is 35.9 Å². The number of rotatable bonds is 10. The number of aromatic nitrogens is 1. The Bertz CT molecular complexity index is 1280. The molecule has 1 amide bonds. The third-order valence-corrected chi connectivity index (χ3v) is 7.13. The highest BCUT2D eigenvalue weighted by atomic mass is 35.5. The number of hydrogen-bond acceptors (Lipinski definition) is 6. The molecule has 0 saturated heterocycles. The van der Waals surface area contributed by atoms with Gasteiger partial charge < -0.3 is 36.7 Å². The van der Waals surface area contributed by atoms with Gasteiger partial charge in [-0.2, -0.15) is 0 Å². The number of aryl methyl sites for hydroxylation is 1. The summed E-state index contributed by atoms with van der Waals surface area (Å²) in [4.78, 5) is 48.8. The Labute approximate surface area is 235 Å². The fourth-order valence-corrected chi connectivity index (χ4v) is 5.47. The Morgan fingerprint density at radius 1 is 1.18 bits per heavy atom. The summed E-state index contributed by atoms with van der Waals surface area (Å²) < 4.78 is 13.6. The van der Waals surface area contributed by atoms with Crippen LogP contribution in [0, 0.1) is 12.8 Å². The van der Waals surface area contributed by atoms with Gasteiger partial charge in [-0.25, -0.2) is 0 Å². The quantitative estimate of drug-likeness (QED) is 0.321. The molecule has 1 aromatic carbocycles. The number of ketones is 1. The molecule has 10 heteroatoms. The van der Waals surface area contributed by atoms with Gasteiger partial charge in [-0.1, -0.05) is 0 Å². The molecule has 3 atom stereocenters. The molecule has 0 bridgehead atoms. The maximum atomic E-state index is 12.6. The molecule has 0 spiro atoms. The molecule has 1 heterocycles. The van der Waals surface area contributed by atoms with Crippen molar-refractivity contribution in [2.45, 2.75) is 64.6 Å². The van der Waals surface area contributed by atoms with Crippen molar-refractivity contribution in [3.63, 3.8) is 0 Å². The fourth-order valence-electron chi connectivity index (χ4n) is 5.47. The van der Waals surface area contributed by atoms with E-state index in [1.54, 1.807) is 6.07 Å². The highest BCUT2D eigenvalue weighted by molar-refractivity contribution is 6.00. The molecular formula is C29H38ClN3O6.